The Balaban J connectivity index is 0.00000242. The number of carbonyl (C=O) groups is 1. The lowest BCUT2D eigenvalue weighted by Crippen LogP contribution is -2.46. The predicted molar refractivity (Wildman–Crippen MR) is 86.8 cm³/mol. The zero-order chi connectivity index (χ0) is 15.2. The Kier molecular flexibility index (Phi) is 7.79. The summed E-state index contributed by atoms with van der Waals surface area (Å²) >= 11 is 0. The Bertz CT molecular complexity index is 462. The molecule has 0 spiro atoms. The van der Waals surface area contributed by atoms with Crippen molar-refractivity contribution in [2.45, 2.75) is 32.4 Å². The van der Waals surface area contributed by atoms with Crippen LogP contribution in [0.5, 0.6) is 0 Å². The fourth-order valence-corrected chi connectivity index (χ4v) is 2.96. The monoisotopic (exact) mass is 330 g/mol. The Labute approximate surface area is 137 Å². The first-order valence-electron chi connectivity index (χ1n) is 7.51. The van der Waals surface area contributed by atoms with Gasteiger partial charge in [-0.3, -0.25) is 14.6 Å². The second-order valence-electron chi connectivity index (χ2n) is 5.59. The molecule has 0 aromatic heterocycles. The number of piperidine rings is 1. The van der Waals surface area contributed by atoms with Gasteiger partial charge in [0.05, 0.1) is 6.54 Å². The van der Waals surface area contributed by atoms with E-state index in [0.717, 1.165) is 44.6 Å². The molecule has 0 saturated carbocycles. The van der Waals surface area contributed by atoms with Crippen molar-refractivity contribution in [3.05, 3.63) is 35.6 Å². The molecule has 1 aromatic rings. The zero-order valence-electron chi connectivity index (χ0n) is 12.9. The minimum Gasteiger partial charge on any atom is -0.480 e. The quantitative estimate of drug-likeness (QED) is 0.871. The summed E-state index contributed by atoms with van der Waals surface area (Å²) in [6.45, 7) is 5.65. The molecule has 1 fully saturated rings. The smallest absolute Gasteiger partial charge is 0.317 e. The van der Waals surface area contributed by atoms with Crippen LogP contribution in [0, 0.1) is 5.82 Å². The second-order valence-corrected chi connectivity index (χ2v) is 5.59. The van der Waals surface area contributed by atoms with Crippen molar-refractivity contribution >= 4 is 18.4 Å². The van der Waals surface area contributed by atoms with Gasteiger partial charge in [-0.25, -0.2) is 4.39 Å². The third-order valence-corrected chi connectivity index (χ3v) is 4.14. The van der Waals surface area contributed by atoms with E-state index in [2.05, 4.69) is 4.90 Å². The predicted octanol–water partition coefficient (Wildman–Crippen LogP) is 2.62. The Morgan fingerprint density at radius 1 is 1.32 bits per heavy atom. The average Bonchev–Trinajstić information content (AvgIpc) is 2.48. The third-order valence-electron chi connectivity index (χ3n) is 4.14. The molecule has 2 rings (SSSR count). The van der Waals surface area contributed by atoms with Crippen molar-refractivity contribution in [3.8, 4) is 0 Å². The number of nitrogens with zero attached hydrogens (tertiary/aromatic N) is 2. The number of benzene rings is 1. The maximum absolute atomic E-state index is 12.9. The van der Waals surface area contributed by atoms with Crippen LogP contribution in [0.2, 0.25) is 0 Å². The van der Waals surface area contributed by atoms with Crippen LogP contribution in [0.1, 0.15) is 25.3 Å². The van der Waals surface area contributed by atoms with Gasteiger partial charge in [0.2, 0.25) is 0 Å². The molecule has 1 heterocycles. The molecule has 0 unspecified atom stereocenters. The molecule has 1 N–H and O–H groups in total. The highest BCUT2D eigenvalue weighted by Gasteiger charge is 2.24. The molecule has 0 radical (unpaired) electrons. The third kappa shape index (κ3) is 5.55. The summed E-state index contributed by atoms with van der Waals surface area (Å²) in [5.74, 6) is -0.963. The molecule has 0 amide bonds. The largest absolute Gasteiger partial charge is 0.480 e. The minimum atomic E-state index is -0.759. The highest BCUT2D eigenvalue weighted by Crippen LogP contribution is 2.18. The van der Waals surface area contributed by atoms with Gasteiger partial charge in [0.15, 0.2) is 0 Å². The molecule has 124 valence electrons. The number of carboxylic acids is 1. The molecule has 0 aliphatic carbocycles. The van der Waals surface area contributed by atoms with Crippen LogP contribution in [0.3, 0.4) is 0 Å². The first-order chi connectivity index (χ1) is 10.1. The van der Waals surface area contributed by atoms with E-state index in [-0.39, 0.29) is 24.8 Å². The zero-order valence-corrected chi connectivity index (χ0v) is 13.7. The van der Waals surface area contributed by atoms with Crippen LogP contribution < -0.4 is 0 Å². The van der Waals surface area contributed by atoms with Gasteiger partial charge in [-0.15, -0.1) is 12.4 Å². The van der Waals surface area contributed by atoms with E-state index in [0.29, 0.717) is 6.04 Å². The number of hydrogen-bond acceptors (Lipinski definition) is 3. The van der Waals surface area contributed by atoms with Gasteiger partial charge in [-0.1, -0.05) is 19.1 Å². The van der Waals surface area contributed by atoms with E-state index in [1.807, 2.05) is 24.0 Å². The molecule has 0 atom stereocenters. The van der Waals surface area contributed by atoms with Crippen molar-refractivity contribution in [2.75, 3.05) is 26.2 Å². The number of likely N-dealkylation sites (tertiary alicyclic amines) is 1. The number of rotatable bonds is 6. The summed E-state index contributed by atoms with van der Waals surface area (Å²) in [7, 11) is 0. The van der Waals surface area contributed by atoms with Gasteiger partial charge in [-0.2, -0.15) is 0 Å². The van der Waals surface area contributed by atoms with Crippen LogP contribution in [-0.2, 0) is 11.3 Å². The summed E-state index contributed by atoms with van der Waals surface area (Å²) in [4.78, 5) is 15.2. The summed E-state index contributed by atoms with van der Waals surface area (Å²) in [5.41, 5.74) is 1.12. The van der Waals surface area contributed by atoms with E-state index in [1.165, 1.54) is 12.1 Å². The Morgan fingerprint density at radius 3 is 2.41 bits per heavy atom. The van der Waals surface area contributed by atoms with E-state index in [4.69, 9.17) is 5.11 Å². The minimum absolute atomic E-state index is 0. The highest BCUT2D eigenvalue weighted by atomic mass is 35.5. The van der Waals surface area contributed by atoms with Gasteiger partial charge < -0.3 is 5.11 Å². The van der Waals surface area contributed by atoms with Crippen LogP contribution in [0.4, 0.5) is 4.39 Å². The van der Waals surface area contributed by atoms with Crippen LogP contribution in [0.15, 0.2) is 24.3 Å². The molecule has 0 bridgehead atoms. The van der Waals surface area contributed by atoms with E-state index in [1.54, 1.807) is 0 Å². The number of carboxylic acid groups (broad SMARTS) is 1. The SMILES string of the molecule is CCN(CC(=O)O)C1CCN(Cc2ccc(F)cc2)CC1.Cl. The van der Waals surface area contributed by atoms with Crippen molar-refractivity contribution in [3.63, 3.8) is 0 Å². The lowest BCUT2D eigenvalue weighted by molar-refractivity contribution is -0.139. The second kappa shape index (κ2) is 9.08. The van der Waals surface area contributed by atoms with Crippen LogP contribution in [0.25, 0.3) is 0 Å². The van der Waals surface area contributed by atoms with Crippen molar-refractivity contribution in [2.24, 2.45) is 0 Å². The van der Waals surface area contributed by atoms with Crippen LogP contribution >= 0.6 is 12.4 Å². The number of aliphatic carboxylic acids is 1. The van der Waals surface area contributed by atoms with Crippen molar-refractivity contribution in [1.82, 2.24) is 9.80 Å². The fourth-order valence-electron chi connectivity index (χ4n) is 2.96. The first-order valence-corrected chi connectivity index (χ1v) is 7.51. The van der Waals surface area contributed by atoms with Crippen LogP contribution in [-0.4, -0.2) is 53.1 Å². The summed E-state index contributed by atoms with van der Waals surface area (Å²) in [6, 6.07) is 6.99. The summed E-state index contributed by atoms with van der Waals surface area (Å²) in [6.07, 6.45) is 1.98. The molecule has 6 heteroatoms. The number of halogens is 2. The highest BCUT2D eigenvalue weighted by molar-refractivity contribution is 5.85. The maximum Gasteiger partial charge on any atom is 0.317 e. The lowest BCUT2D eigenvalue weighted by Gasteiger charge is -2.37. The molecule has 4 nitrogen and oxygen atoms in total. The van der Waals surface area contributed by atoms with Gasteiger partial charge in [0.25, 0.3) is 0 Å². The van der Waals surface area contributed by atoms with Gasteiger partial charge >= 0.3 is 5.97 Å². The van der Waals surface area contributed by atoms with Crippen molar-refractivity contribution < 1.29 is 14.3 Å². The van der Waals surface area contributed by atoms with E-state index >= 15 is 0 Å². The standard InChI is InChI=1S/C16H23FN2O2.ClH/c1-2-19(12-16(20)21)15-7-9-18(10-8-15)11-13-3-5-14(17)6-4-13;/h3-6,15H,2,7-12H2,1H3,(H,20,21);1H. The summed E-state index contributed by atoms with van der Waals surface area (Å²) < 4.78 is 12.9. The molecular weight excluding hydrogens is 307 g/mol. The molecular formula is C16H24ClFN2O2. The van der Waals surface area contributed by atoms with Crippen molar-refractivity contribution in [1.29, 1.82) is 0 Å². The summed E-state index contributed by atoms with van der Waals surface area (Å²) in [5, 5.41) is 8.93. The maximum atomic E-state index is 12.9. The van der Waals surface area contributed by atoms with Gasteiger partial charge in [0.1, 0.15) is 5.82 Å². The molecule has 1 saturated heterocycles. The number of hydrogen-bond donors (Lipinski definition) is 1. The van der Waals surface area contributed by atoms with Gasteiger partial charge in [0, 0.05) is 12.6 Å². The molecule has 22 heavy (non-hydrogen) atoms. The molecule has 1 aliphatic heterocycles. The fraction of sp³-hybridized carbons (Fsp3) is 0.562. The molecule has 1 aromatic carbocycles. The average molecular weight is 331 g/mol. The van der Waals surface area contributed by atoms with Gasteiger partial charge in [-0.05, 0) is 50.2 Å². The molecule has 1 aliphatic rings. The normalized spacial score (nSPS) is 16.5. The number of likely N-dealkylation sites (N-methyl/N-ethyl adjacent to an activating group) is 1. The van der Waals surface area contributed by atoms with E-state index in [9.17, 15) is 9.18 Å². The first kappa shape index (κ1) is 18.9. The van der Waals surface area contributed by atoms with E-state index < -0.39 is 5.97 Å². The topological polar surface area (TPSA) is 43.8 Å². The lowest BCUT2D eigenvalue weighted by atomic mass is 10.0. The Hall–Kier alpha value is -1.17. The Morgan fingerprint density at radius 2 is 1.91 bits per heavy atom.